The second kappa shape index (κ2) is 6.79. The molecule has 0 aromatic heterocycles. The average Bonchev–Trinajstić information content (AvgIpc) is 3.14. The molecule has 2 aliphatic rings. The number of amides is 1. The van der Waals surface area contributed by atoms with Gasteiger partial charge in [-0.15, -0.1) is 0 Å². The molecule has 2 fully saturated rings. The maximum absolute atomic E-state index is 12.8. The van der Waals surface area contributed by atoms with E-state index < -0.39 is 0 Å². The predicted octanol–water partition coefficient (Wildman–Crippen LogP) is 2.31. The molecule has 2 N–H and O–H groups in total. The molecule has 124 valence electrons. The molecule has 0 radical (unpaired) electrons. The maximum Gasteiger partial charge on any atom is 0.220 e. The zero-order valence-electron chi connectivity index (χ0n) is 13.0. The first-order valence-corrected chi connectivity index (χ1v) is 8.27. The van der Waals surface area contributed by atoms with Crippen molar-refractivity contribution >= 4 is 11.7 Å². The van der Waals surface area contributed by atoms with E-state index in [0.717, 1.165) is 19.3 Å². The van der Waals surface area contributed by atoms with Crippen LogP contribution >= 0.6 is 0 Å². The Morgan fingerprint density at radius 1 is 1.13 bits per heavy atom. The van der Waals surface area contributed by atoms with E-state index in [2.05, 4.69) is 5.32 Å². The molecule has 0 saturated heterocycles. The Hall–Kier alpha value is -1.75. The van der Waals surface area contributed by atoms with Gasteiger partial charge in [0.05, 0.1) is 0 Å². The lowest BCUT2D eigenvalue weighted by Gasteiger charge is -2.30. The summed E-state index contributed by atoms with van der Waals surface area (Å²) >= 11 is 0. The van der Waals surface area contributed by atoms with Gasteiger partial charge >= 0.3 is 0 Å². The molecule has 1 aromatic rings. The van der Waals surface area contributed by atoms with Crippen molar-refractivity contribution in [2.75, 3.05) is 6.61 Å². The molecule has 2 aliphatic carbocycles. The third-order valence-electron chi connectivity index (χ3n) is 5.37. The highest BCUT2D eigenvalue weighted by atomic mass is 19.1. The van der Waals surface area contributed by atoms with Gasteiger partial charge in [0.2, 0.25) is 5.91 Å². The molecule has 2 bridgehead atoms. The number of rotatable bonds is 6. The summed E-state index contributed by atoms with van der Waals surface area (Å²) in [6.45, 7) is 0.112. The quantitative estimate of drug-likeness (QED) is 0.791. The van der Waals surface area contributed by atoms with Crippen LogP contribution < -0.4 is 5.32 Å². The molecule has 1 aromatic carbocycles. The fraction of sp³-hybridized carbons (Fsp3) is 0.556. The van der Waals surface area contributed by atoms with Crippen molar-refractivity contribution in [3.8, 4) is 0 Å². The maximum atomic E-state index is 12.8. The van der Waals surface area contributed by atoms with Crippen LogP contribution in [0.15, 0.2) is 24.3 Å². The van der Waals surface area contributed by atoms with E-state index in [9.17, 15) is 19.1 Å². The normalized spacial score (nSPS) is 28.8. The van der Waals surface area contributed by atoms with Crippen LogP contribution in [0.2, 0.25) is 0 Å². The average molecular weight is 319 g/mol. The molecule has 3 rings (SSSR count). The van der Waals surface area contributed by atoms with Crippen molar-refractivity contribution < 1.29 is 19.1 Å². The van der Waals surface area contributed by atoms with Crippen LogP contribution in [-0.4, -0.2) is 29.4 Å². The summed E-state index contributed by atoms with van der Waals surface area (Å²) in [5, 5.41) is 12.5. The molecule has 0 spiro atoms. The van der Waals surface area contributed by atoms with Crippen LogP contribution in [0.4, 0.5) is 4.39 Å². The molecule has 1 amide bonds. The first kappa shape index (κ1) is 16.1. The van der Waals surface area contributed by atoms with Crippen LogP contribution in [0.3, 0.4) is 0 Å². The monoisotopic (exact) mass is 319 g/mol. The Bertz CT molecular complexity index is 586. The summed E-state index contributed by atoms with van der Waals surface area (Å²) in [6, 6.07) is 5.41. The number of Topliss-reactive ketones (excluding diaryl/α,β-unsaturated/α-hetero) is 1. The lowest BCUT2D eigenvalue weighted by molar-refractivity contribution is -0.122. The zero-order chi connectivity index (χ0) is 16.4. The number of aliphatic hydroxyl groups is 1. The first-order valence-electron chi connectivity index (χ1n) is 8.27. The molecule has 4 atom stereocenters. The molecule has 0 aliphatic heterocycles. The number of nitrogens with one attached hydrogen (secondary N) is 1. The third kappa shape index (κ3) is 3.44. The molecular formula is C18H22FNO3. The van der Waals surface area contributed by atoms with Crippen molar-refractivity contribution in [2.45, 2.75) is 38.1 Å². The number of fused-ring (bicyclic) bond motifs is 2. The number of hydrogen-bond acceptors (Lipinski definition) is 3. The summed E-state index contributed by atoms with van der Waals surface area (Å²) in [6.07, 6.45) is 3.58. The van der Waals surface area contributed by atoms with E-state index in [1.165, 1.54) is 24.3 Å². The van der Waals surface area contributed by atoms with Crippen LogP contribution in [0.1, 0.15) is 42.5 Å². The van der Waals surface area contributed by atoms with E-state index in [0.29, 0.717) is 17.4 Å². The van der Waals surface area contributed by atoms with Gasteiger partial charge in [0.25, 0.3) is 0 Å². The van der Waals surface area contributed by atoms with Gasteiger partial charge in [-0.25, -0.2) is 4.39 Å². The Kier molecular flexibility index (Phi) is 4.76. The minimum atomic E-state index is -0.384. The summed E-state index contributed by atoms with van der Waals surface area (Å²) in [5.74, 6) is 0.462. The molecular weight excluding hydrogens is 297 g/mol. The highest BCUT2D eigenvalue weighted by Gasteiger charge is 2.47. The summed E-state index contributed by atoms with van der Waals surface area (Å²) in [5.41, 5.74) is 0.423. The summed E-state index contributed by atoms with van der Waals surface area (Å²) < 4.78 is 12.8. The smallest absolute Gasteiger partial charge is 0.220 e. The van der Waals surface area contributed by atoms with Gasteiger partial charge in [-0.3, -0.25) is 9.59 Å². The van der Waals surface area contributed by atoms with Crippen LogP contribution in [0.5, 0.6) is 0 Å². The lowest BCUT2D eigenvalue weighted by Crippen LogP contribution is -2.45. The van der Waals surface area contributed by atoms with Crippen molar-refractivity contribution in [2.24, 2.45) is 17.8 Å². The number of ketones is 1. The Labute approximate surface area is 135 Å². The minimum absolute atomic E-state index is 0.0483. The number of aliphatic hydroxyl groups excluding tert-OH is 1. The van der Waals surface area contributed by atoms with Gasteiger partial charge in [0.15, 0.2) is 5.78 Å². The van der Waals surface area contributed by atoms with E-state index in [1.54, 1.807) is 0 Å². The topological polar surface area (TPSA) is 66.4 Å². The van der Waals surface area contributed by atoms with Crippen LogP contribution in [0, 0.1) is 23.6 Å². The minimum Gasteiger partial charge on any atom is -0.396 e. The largest absolute Gasteiger partial charge is 0.396 e. The van der Waals surface area contributed by atoms with E-state index in [4.69, 9.17) is 0 Å². The molecule has 4 nitrogen and oxygen atoms in total. The standard InChI is InChI=1S/C18H22FNO3/c19-14-5-3-11(4-6-14)16(22)7-8-17(23)20-18-13-2-1-12(9-13)15(18)10-21/h3-6,12-13,15,18,21H,1-2,7-10H2,(H,20,23). The number of benzene rings is 1. The van der Waals surface area contributed by atoms with Crippen molar-refractivity contribution in [3.63, 3.8) is 0 Å². The highest BCUT2D eigenvalue weighted by Crippen LogP contribution is 2.48. The van der Waals surface area contributed by atoms with Crippen LogP contribution in [-0.2, 0) is 4.79 Å². The fourth-order valence-electron chi connectivity index (χ4n) is 4.16. The van der Waals surface area contributed by atoms with Crippen molar-refractivity contribution in [3.05, 3.63) is 35.6 Å². The van der Waals surface area contributed by atoms with Gasteiger partial charge in [-0.05, 0) is 55.4 Å². The number of carbonyl (C=O) groups excluding carboxylic acids is 2. The molecule has 0 heterocycles. The zero-order valence-corrected chi connectivity index (χ0v) is 13.0. The van der Waals surface area contributed by atoms with Gasteiger partial charge < -0.3 is 10.4 Å². The van der Waals surface area contributed by atoms with E-state index >= 15 is 0 Å². The van der Waals surface area contributed by atoms with Crippen molar-refractivity contribution in [1.29, 1.82) is 0 Å². The summed E-state index contributed by atoms with van der Waals surface area (Å²) in [4.78, 5) is 24.1. The van der Waals surface area contributed by atoms with Gasteiger partial charge in [0, 0.05) is 37.0 Å². The number of halogens is 1. The fourth-order valence-corrected chi connectivity index (χ4v) is 4.16. The van der Waals surface area contributed by atoms with Gasteiger partial charge in [-0.1, -0.05) is 0 Å². The van der Waals surface area contributed by atoms with Crippen LogP contribution in [0.25, 0.3) is 0 Å². The number of carbonyl (C=O) groups is 2. The molecule has 5 heteroatoms. The molecule has 2 saturated carbocycles. The second-order valence-electron chi connectivity index (χ2n) is 6.70. The van der Waals surface area contributed by atoms with Crippen molar-refractivity contribution in [1.82, 2.24) is 5.32 Å². The predicted molar refractivity (Wildman–Crippen MR) is 83.3 cm³/mol. The Balaban J connectivity index is 1.50. The van der Waals surface area contributed by atoms with Gasteiger partial charge in [0.1, 0.15) is 5.82 Å². The number of hydrogen-bond donors (Lipinski definition) is 2. The first-order chi connectivity index (χ1) is 11.1. The van der Waals surface area contributed by atoms with Gasteiger partial charge in [-0.2, -0.15) is 0 Å². The molecule has 23 heavy (non-hydrogen) atoms. The lowest BCUT2D eigenvalue weighted by atomic mass is 9.85. The summed E-state index contributed by atoms with van der Waals surface area (Å²) in [7, 11) is 0. The second-order valence-corrected chi connectivity index (χ2v) is 6.70. The van der Waals surface area contributed by atoms with E-state index in [-0.39, 0.29) is 48.9 Å². The SMILES string of the molecule is O=C(CCC(=O)c1ccc(F)cc1)NC1C2CCC(C2)C1CO. The highest BCUT2D eigenvalue weighted by molar-refractivity contribution is 5.97. The third-order valence-corrected chi connectivity index (χ3v) is 5.37. The Morgan fingerprint density at radius 3 is 2.52 bits per heavy atom. The van der Waals surface area contributed by atoms with E-state index in [1.807, 2.05) is 0 Å². The molecule has 4 unspecified atom stereocenters. The Morgan fingerprint density at radius 2 is 1.83 bits per heavy atom.